The molecule has 0 bridgehead atoms. The van der Waals surface area contributed by atoms with E-state index in [0.717, 1.165) is 8.87 Å². The molecular formula is C18H19F2N3O4S. The number of sulfonamides is 1. The lowest BCUT2D eigenvalue weighted by Crippen LogP contribution is -2.28. The van der Waals surface area contributed by atoms with E-state index in [1.807, 2.05) is 0 Å². The van der Waals surface area contributed by atoms with Crippen LogP contribution < -0.4 is 9.47 Å². The Balaban J connectivity index is 1.97. The van der Waals surface area contributed by atoms with E-state index in [4.69, 9.17) is 9.47 Å². The van der Waals surface area contributed by atoms with Gasteiger partial charge in [-0.25, -0.2) is 13.4 Å². The summed E-state index contributed by atoms with van der Waals surface area (Å²) >= 11 is 0. The van der Waals surface area contributed by atoms with Crippen LogP contribution in [-0.4, -0.2) is 43.5 Å². The number of benzene rings is 2. The van der Waals surface area contributed by atoms with Crippen molar-refractivity contribution in [2.75, 3.05) is 21.3 Å². The van der Waals surface area contributed by atoms with Crippen LogP contribution in [0.5, 0.6) is 11.5 Å². The van der Waals surface area contributed by atoms with Gasteiger partial charge in [0.2, 0.25) is 10.0 Å². The minimum absolute atomic E-state index is 0.0487. The number of aromatic nitrogens is 2. The van der Waals surface area contributed by atoms with Crippen LogP contribution in [0.25, 0.3) is 11.0 Å². The number of ether oxygens (including phenoxy) is 2. The van der Waals surface area contributed by atoms with Gasteiger partial charge in [-0.15, -0.1) is 0 Å². The fourth-order valence-electron chi connectivity index (χ4n) is 2.86. The molecule has 3 rings (SSSR count). The number of para-hydroxylation sites is 2. The highest BCUT2D eigenvalue weighted by Crippen LogP contribution is 2.31. The zero-order valence-corrected chi connectivity index (χ0v) is 16.3. The summed E-state index contributed by atoms with van der Waals surface area (Å²) < 4.78 is 64.9. The van der Waals surface area contributed by atoms with E-state index in [0.29, 0.717) is 11.3 Å². The third kappa shape index (κ3) is 3.52. The monoisotopic (exact) mass is 411 g/mol. The maximum Gasteiger partial charge on any atom is 0.320 e. The average molecular weight is 411 g/mol. The number of hydrogen-bond acceptors (Lipinski definition) is 5. The molecule has 0 fully saturated rings. The first-order chi connectivity index (χ1) is 13.3. The van der Waals surface area contributed by atoms with Crippen molar-refractivity contribution >= 4 is 21.1 Å². The fourth-order valence-corrected chi connectivity index (χ4v) is 4.01. The molecule has 0 aliphatic carbocycles. The molecule has 2 aromatic carbocycles. The van der Waals surface area contributed by atoms with Crippen molar-refractivity contribution in [2.24, 2.45) is 0 Å². The van der Waals surface area contributed by atoms with Gasteiger partial charge in [0.1, 0.15) is 5.82 Å². The van der Waals surface area contributed by atoms with Crippen molar-refractivity contribution in [1.82, 2.24) is 13.9 Å². The summed E-state index contributed by atoms with van der Waals surface area (Å²) in [5.74, 6) is 0.572. The van der Waals surface area contributed by atoms with E-state index in [1.54, 1.807) is 18.2 Å². The summed E-state index contributed by atoms with van der Waals surface area (Å²) in [5, 5.41) is 0. The normalized spacial score (nSPS) is 12.1. The standard InChI is InChI=1S/C18H19F2N3O4S/c1-22(28(24,25)12-8-9-15(26-2)16(10-12)27-3)11-17-21-13-6-4-5-7-14(13)23(17)18(19)20/h4-10,18H,11H2,1-3H3. The van der Waals surface area contributed by atoms with Gasteiger partial charge in [-0.05, 0) is 24.3 Å². The van der Waals surface area contributed by atoms with E-state index in [1.165, 1.54) is 45.5 Å². The molecule has 150 valence electrons. The predicted octanol–water partition coefficient (Wildman–Crippen LogP) is 3.27. The van der Waals surface area contributed by atoms with Crippen molar-refractivity contribution in [3.8, 4) is 11.5 Å². The summed E-state index contributed by atoms with van der Waals surface area (Å²) in [7, 11) is 0.161. The molecule has 0 spiro atoms. The van der Waals surface area contributed by atoms with Crippen LogP contribution in [-0.2, 0) is 16.6 Å². The van der Waals surface area contributed by atoms with E-state index < -0.39 is 16.6 Å². The average Bonchev–Trinajstić information content (AvgIpc) is 3.05. The molecule has 0 saturated heterocycles. The molecule has 0 saturated carbocycles. The zero-order chi connectivity index (χ0) is 20.5. The Morgan fingerprint density at radius 2 is 1.79 bits per heavy atom. The maximum atomic E-state index is 13.6. The number of alkyl halides is 2. The minimum Gasteiger partial charge on any atom is -0.493 e. The van der Waals surface area contributed by atoms with Gasteiger partial charge in [0, 0.05) is 13.1 Å². The SMILES string of the molecule is COc1ccc(S(=O)(=O)N(C)Cc2nc3ccccc3n2C(F)F)cc1OC. The summed E-state index contributed by atoms with van der Waals surface area (Å²) in [5.41, 5.74) is 0.610. The van der Waals surface area contributed by atoms with Crippen molar-refractivity contribution in [2.45, 2.75) is 18.0 Å². The Hall–Kier alpha value is -2.72. The third-order valence-corrected chi connectivity index (χ3v) is 6.09. The van der Waals surface area contributed by atoms with Crippen LogP contribution in [0.15, 0.2) is 47.4 Å². The smallest absolute Gasteiger partial charge is 0.320 e. The Morgan fingerprint density at radius 1 is 1.11 bits per heavy atom. The van der Waals surface area contributed by atoms with Gasteiger partial charge in [-0.2, -0.15) is 13.1 Å². The number of hydrogen-bond donors (Lipinski definition) is 0. The molecule has 0 unspecified atom stereocenters. The molecule has 0 aliphatic heterocycles. The molecule has 28 heavy (non-hydrogen) atoms. The molecule has 0 N–H and O–H groups in total. The molecule has 0 amide bonds. The van der Waals surface area contributed by atoms with Gasteiger partial charge < -0.3 is 9.47 Å². The fraction of sp³-hybridized carbons (Fsp3) is 0.278. The summed E-state index contributed by atoms with van der Waals surface area (Å²) in [4.78, 5) is 4.13. The molecule has 0 atom stereocenters. The van der Waals surface area contributed by atoms with Crippen molar-refractivity contribution in [3.63, 3.8) is 0 Å². The molecule has 1 aromatic heterocycles. The highest BCUT2D eigenvalue weighted by Gasteiger charge is 2.26. The van der Waals surface area contributed by atoms with Crippen molar-refractivity contribution < 1.29 is 26.7 Å². The summed E-state index contributed by atoms with van der Waals surface area (Å²) in [6, 6.07) is 10.6. The largest absolute Gasteiger partial charge is 0.493 e. The Kier molecular flexibility index (Phi) is 5.52. The zero-order valence-electron chi connectivity index (χ0n) is 15.5. The van der Waals surface area contributed by atoms with Crippen LogP contribution in [0.2, 0.25) is 0 Å². The van der Waals surface area contributed by atoms with E-state index in [-0.39, 0.29) is 28.5 Å². The summed E-state index contributed by atoms with van der Waals surface area (Å²) in [6.07, 6.45) is 0. The number of rotatable bonds is 7. The van der Waals surface area contributed by atoms with Crippen LogP contribution in [0.4, 0.5) is 8.78 Å². The third-order valence-electron chi connectivity index (χ3n) is 4.29. The quantitative estimate of drug-likeness (QED) is 0.597. The molecule has 3 aromatic rings. The number of methoxy groups -OCH3 is 2. The van der Waals surface area contributed by atoms with Gasteiger partial charge >= 0.3 is 6.55 Å². The molecule has 0 radical (unpaired) electrons. The first-order valence-corrected chi connectivity index (χ1v) is 9.66. The highest BCUT2D eigenvalue weighted by atomic mass is 32.2. The highest BCUT2D eigenvalue weighted by molar-refractivity contribution is 7.89. The lowest BCUT2D eigenvalue weighted by molar-refractivity contribution is 0.0703. The number of halogens is 2. The minimum atomic E-state index is -3.98. The van der Waals surface area contributed by atoms with Gasteiger partial charge in [0.15, 0.2) is 11.5 Å². The molecular weight excluding hydrogens is 392 g/mol. The van der Waals surface area contributed by atoms with Crippen molar-refractivity contribution in [1.29, 1.82) is 0 Å². The second-order valence-corrected chi connectivity index (χ2v) is 7.99. The van der Waals surface area contributed by atoms with Gasteiger partial charge in [-0.1, -0.05) is 12.1 Å². The van der Waals surface area contributed by atoms with Gasteiger partial charge in [0.05, 0.1) is 36.7 Å². The number of fused-ring (bicyclic) bond motifs is 1. The Labute approximate surface area is 161 Å². The molecule has 7 nitrogen and oxygen atoms in total. The predicted molar refractivity (Wildman–Crippen MR) is 99.2 cm³/mol. The molecule has 1 heterocycles. The van der Waals surface area contributed by atoms with Crippen LogP contribution in [0, 0.1) is 0 Å². The maximum absolute atomic E-state index is 13.6. The lowest BCUT2D eigenvalue weighted by Gasteiger charge is -2.18. The second kappa shape index (κ2) is 7.72. The number of imidazole rings is 1. The van der Waals surface area contributed by atoms with E-state index in [9.17, 15) is 17.2 Å². The lowest BCUT2D eigenvalue weighted by atomic mass is 10.3. The van der Waals surface area contributed by atoms with Gasteiger partial charge in [-0.3, -0.25) is 4.57 Å². The van der Waals surface area contributed by atoms with Crippen LogP contribution >= 0.6 is 0 Å². The molecule has 0 aliphatic rings. The topological polar surface area (TPSA) is 73.7 Å². The first-order valence-electron chi connectivity index (χ1n) is 8.22. The van der Waals surface area contributed by atoms with E-state index in [2.05, 4.69) is 4.98 Å². The Morgan fingerprint density at radius 3 is 2.43 bits per heavy atom. The van der Waals surface area contributed by atoms with E-state index >= 15 is 0 Å². The Bertz CT molecular complexity index is 1100. The van der Waals surface area contributed by atoms with Gasteiger partial charge in [0.25, 0.3) is 0 Å². The van der Waals surface area contributed by atoms with Crippen LogP contribution in [0.1, 0.15) is 12.4 Å². The van der Waals surface area contributed by atoms with Crippen molar-refractivity contribution in [3.05, 3.63) is 48.3 Å². The first kappa shape index (κ1) is 20.0. The summed E-state index contributed by atoms with van der Waals surface area (Å²) in [6.45, 7) is -3.17. The number of nitrogens with zero attached hydrogens (tertiary/aromatic N) is 3. The van der Waals surface area contributed by atoms with Crippen LogP contribution in [0.3, 0.4) is 0 Å². The second-order valence-electron chi connectivity index (χ2n) is 5.94. The molecule has 10 heteroatoms.